The highest BCUT2D eigenvalue weighted by Crippen LogP contribution is 2.21. The number of hydrogen-bond acceptors (Lipinski definition) is 1. The Labute approximate surface area is 138 Å². The summed E-state index contributed by atoms with van der Waals surface area (Å²) in [5.41, 5.74) is 3.73. The van der Waals surface area contributed by atoms with Gasteiger partial charge in [0, 0.05) is 23.6 Å². The van der Waals surface area contributed by atoms with Gasteiger partial charge in [0.15, 0.2) is 0 Å². The number of hydrogen-bond donors (Lipinski definition) is 0. The number of aromatic nitrogens is 2. The normalized spacial score (nSPS) is 10.8. The quantitative estimate of drug-likeness (QED) is 0.515. The monoisotopic (exact) mass is 304 g/mol. The van der Waals surface area contributed by atoms with Crippen molar-refractivity contribution in [2.45, 2.75) is 39.0 Å². The van der Waals surface area contributed by atoms with Crippen LogP contribution in [0.5, 0.6) is 0 Å². The van der Waals surface area contributed by atoms with Gasteiger partial charge in [-0.05, 0) is 30.5 Å². The molecule has 0 amide bonds. The van der Waals surface area contributed by atoms with Crippen LogP contribution in [0.25, 0.3) is 17.1 Å². The summed E-state index contributed by atoms with van der Waals surface area (Å²) in [4.78, 5) is 4.52. The van der Waals surface area contributed by atoms with Crippen molar-refractivity contribution in [3.63, 3.8) is 0 Å². The fraction of sp³-hybridized carbons (Fsp3) is 0.286. The summed E-state index contributed by atoms with van der Waals surface area (Å²) in [5, 5.41) is 0. The maximum atomic E-state index is 4.52. The molecule has 2 nitrogen and oxygen atoms in total. The zero-order valence-electron chi connectivity index (χ0n) is 13.8. The Hall–Kier alpha value is -2.35. The van der Waals surface area contributed by atoms with E-state index >= 15 is 0 Å². The SMILES string of the molecule is CCCCCCc1ccc(-n2ccnc2-c2ccccc2)cc1. The molecule has 0 saturated carbocycles. The second-order valence-electron chi connectivity index (χ2n) is 5.96. The molecule has 2 heteroatoms. The molecule has 0 aliphatic heterocycles. The van der Waals surface area contributed by atoms with Crippen molar-refractivity contribution in [2.24, 2.45) is 0 Å². The molecule has 2 aromatic carbocycles. The molecule has 23 heavy (non-hydrogen) atoms. The van der Waals surface area contributed by atoms with E-state index in [1.807, 2.05) is 30.6 Å². The van der Waals surface area contributed by atoms with Crippen LogP contribution >= 0.6 is 0 Å². The van der Waals surface area contributed by atoms with E-state index < -0.39 is 0 Å². The molecule has 0 spiro atoms. The Morgan fingerprint density at radius 2 is 1.65 bits per heavy atom. The maximum Gasteiger partial charge on any atom is 0.144 e. The number of aryl methyl sites for hydroxylation is 1. The first-order chi connectivity index (χ1) is 11.4. The van der Waals surface area contributed by atoms with Gasteiger partial charge >= 0.3 is 0 Å². The van der Waals surface area contributed by atoms with E-state index in [2.05, 4.69) is 52.9 Å². The molecule has 1 aromatic heterocycles. The third-order valence-electron chi connectivity index (χ3n) is 4.21. The predicted molar refractivity (Wildman–Crippen MR) is 96.8 cm³/mol. The molecule has 0 radical (unpaired) electrons. The number of nitrogens with zero attached hydrogens (tertiary/aromatic N) is 2. The Kier molecular flexibility index (Phi) is 5.25. The number of benzene rings is 2. The van der Waals surface area contributed by atoms with E-state index in [0.717, 1.165) is 11.4 Å². The molecule has 118 valence electrons. The van der Waals surface area contributed by atoms with Crippen LogP contribution in [0, 0.1) is 0 Å². The van der Waals surface area contributed by atoms with Gasteiger partial charge in [-0.1, -0.05) is 68.7 Å². The average molecular weight is 304 g/mol. The van der Waals surface area contributed by atoms with E-state index in [0.29, 0.717) is 0 Å². The molecule has 0 unspecified atom stereocenters. The molecular weight excluding hydrogens is 280 g/mol. The summed E-state index contributed by atoms with van der Waals surface area (Å²) in [6.45, 7) is 2.25. The van der Waals surface area contributed by atoms with Crippen LogP contribution < -0.4 is 0 Å². The van der Waals surface area contributed by atoms with Crippen LogP contribution in [0.15, 0.2) is 67.0 Å². The second kappa shape index (κ2) is 7.77. The molecule has 0 N–H and O–H groups in total. The van der Waals surface area contributed by atoms with Crippen LogP contribution in [0.1, 0.15) is 38.2 Å². The molecule has 1 heterocycles. The molecule has 0 fully saturated rings. The summed E-state index contributed by atoms with van der Waals surface area (Å²) in [6.07, 6.45) is 10.3. The third kappa shape index (κ3) is 3.89. The minimum absolute atomic E-state index is 0.987. The summed E-state index contributed by atoms with van der Waals surface area (Å²) in [7, 11) is 0. The van der Waals surface area contributed by atoms with E-state index in [9.17, 15) is 0 Å². The molecule has 0 bridgehead atoms. The van der Waals surface area contributed by atoms with E-state index in [1.165, 1.54) is 43.4 Å². The van der Waals surface area contributed by atoms with E-state index in [-0.39, 0.29) is 0 Å². The topological polar surface area (TPSA) is 17.8 Å². The highest BCUT2D eigenvalue weighted by molar-refractivity contribution is 5.58. The Morgan fingerprint density at radius 3 is 2.39 bits per heavy atom. The number of rotatable bonds is 7. The van der Waals surface area contributed by atoms with Crippen LogP contribution in [0.3, 0.4) is 0 Å². The standard InChI is InChI=1S/C21H24N2/c1-2-3-4-6-9-18-12-14-20(15-13-18)23-17-16-22-21(23)19-10-7-5-8-11-19/h5,7-8,10-17H,2-4,6,9H2,1H3. The van der Waals surface area contributed by atoms with Gasteiger partial charge in [0.25, 0.3) is 0 Å². The average Bonchev–Trinajstić information content (AvgIpc) is 3.10. The van der Waals surface area contributed by atoms with Gasteiger partial charge in [-0.25, -0.2) is 4.98 Å². The van der Waals surface area contributed by atoms with Crippen molar-refractivity contribution < 1.29 is 0 Å². The molecular formula is C21H24N2. The molecule has 0 saturated heterocycles. The molecule has 3 rings (SSSR count). The molecule has 3 aromatic rings. The second-order valence-corrected chi connectivity index (χ2v) is 5.96. The van der Waals surface area contributed by atoms with E-state index in [4.69, 9.17) is 0 Å². The first kappa shape index (κ1) is 15.5. The molecule has 0 aliphatic carbocycles. The van der Waals surface area contributed by atoms with Crippen molar-refractivity contribution in [2.75, 3.05) is 0 Å². The van der Waals surface area contributed by atoms with Crippen molar-refractivity contribution in [3.05, 3.63) is 72.6 Å². The maximum absolute atomic E-state index is 4.52. The van der Waals surface area contributed by atoms with E-state index in [1.54, 1.807) is 0 Å². The van der Waals surface area contributed by atoms with Gasteiger partial charge in [0.05, 0.1) is 0 Å². The first-order valence-electron chi connectivity index (χ1n) is 8.56. The summed E-state index contributed by atoms with van der Waals surface area (Å²) in [6, 6.07) is 19.2. The fourth-order valence-corrected chi connectivity index (χ4v) is 2.89. The van der Waals surface area contributed by atoms with Gasteiger partial charge in [0.2, 0.25) is 0 Å². The van der Waals surface area contributed by atoms with Crippen molar-refractivity contribution in [3.8, 4) is 17.1 Å². The van der Waals surface area contributed by atoms with Crippen LogP contribution in [0.4, 0.5) is 0 Å². The lowest BCUT2D eigenvalue weighted by Gasteiger charge is -2.09. The molecule has 0 atom stereocenters. The van der Waals surface area contributed by atoms with Gasteiger partial charge in [-0.2, -0.15) is 0 Å². The lowest BCUT2D eigenvalue weighted by Crippen LogP contribution is -1.96. The zero-order valence-corrected chi connectivity index (χ0v) is 13.8. The summed E-state index contributed by atoms with van der Waals surface area (Å²) < 4.78 is 2.15. The van der Waals surface area contributed by atoms with Crippen LogP contribution in [-0.2, 0) is 6.42 Å². The zero-order chi connectivity index (χ0) is 15.9. The lowest BCUT2D eigenvalue weighted by atomic mass is 10.1. The Bertz CT molecular complexity index is 711. The minimum Gasteiger partial charge on any atom is -0.300 e. The van der Waals surface area contributed by atoms with Crippen LogP contribution in [0.2, 0.25) is 0 Å². The largest absolute Gasteiger partial charge is 0.300 e. The van der Waals surface area contributed by atoms with Crippen LogP contribution in [-0.4, -0.2) is 9.55 Å². The number of imidazole rings is 1. The fourth-order valence-electron chi connectivity index (χ4n) is 2.89. The van der Waals surface area contributed by atoms with Crippen molar-refractivity contribution in [1.82, 2.24) is 9.55 Å². The lowest BCUT2D eigenvalue weighted by molar-refractivity contribution is 0.667. The van der Waals surface area contributed by atoms with Gasteiger partial charge in [-0.3, -0.25) is 4.57 Å². The summed E-state index contributed by atoms with van der Waals surface area (Å²) >= 11 is 0. The number of unbranched alkanes of at least 4 members (excludes halogenated alkanes) is 3. The highest BCUT2D eigenvalue weighted by Gasteiger charge is 2.07. The predicted octanol–water partition coefficient (Wildman–Crippen LogP) is 5.66. The summed E-state index contributed by atoms with van der Waals surface area (Å²) in [5.74, 6) is 0.987. The third-order valence-corrected chi connectivity index (χ3v) is 4.21. The Balaban J connectivity index is 1.75. The smallest absolute Gasteiger partial charge is 0.144 e. The first-order valence-corrected chi connectivity index (χ1v) is 8.56. The minimum atomic E-state index is 0.987. The van der Waals surface area contributed by atoms with Gasteiger partial charge in [0.1, 0.15) is 5.82 Å². The highest BCUT2D eigenvalue weighted by atomic mass is 15.1. The van der Waals surface area contributed by atoms with Gasteiger partial charge < -0.3 is 0 Å². The van der Waals surface area contributed by atoms with Crippen molar-refractivity contribution >= 4 is 0 Å². The van der Waals surface area contributed by atoms with Gasteiger partial charge in [-0.15, -0.1) is 0 Å². The van der Waals surface area contributed by atoms with Crippen molar-refractivity contribution in [1.29, 1.82) is 0 Å². The Morgan fingerprint density at radius 1 is 0.870 bits per heavy atom. The molecule has 0 aliphatic rings.